The van der Waals surface area contributed by atoms with Crippen LogP contribution in [0.25, 0.3) is 17.0 Å². The number of aromatic nitrogens is 1. The van der Waals surface area contributed by atoms with Crippen molar-refractivity contribution in [2.24, 2.45) is 0 Å². The third-order valence-electron chi connectivity index (χ3n) is 7.16. The Morgan fingerprint density at radius 3 is 2.16 bits per heavy atom. The summed E-state index contributed by atoms with van der Waals surface area (Å²) in [6.45, 7) is 2.16. The number of rotatable bonds is 1. The Labute approximate surface area is 184 Å². The molecule has 0 aliphatic heterocycles. The van der Waals surface area contributed by atoms with Crippen molar-refractivity contribution < 1.29 is 0 Å². The highest BCUT2D eigenvalue weighted by Gasteiger charge is 2.21. The molecule has 0 saturated heterocycles. The van der Waals surface area contributed by atoms with Crippen molar-refractivity contribution in [3.05, 3.63) is 117 Å². The zero-order valence-electron chi connectivity index (χ0n) is 18.1. The molecule has 0 saturated carbocycles. The molecule has 0 radical (unpaired) electrons. The van der Waals surface area contributed by atoms with Gasteiger partial charge in [0.25, 0.3) is 0 Å². The fraction of sp³-hybridized carbons (Fsp3) is 0.233. The second kappa shape index (κ2) is 7.50. The smallest absolute Gasteiger partial charge is 0.0740 e. The minimum atomic E-state index is 0.431. The van der Waals surface area contributed by atoms with Crippen molar-refractivity contribution in [3.8, 4) is 0 Å². The molecule has 0 spiro atoms. The van der Waals surface area contributed by atoms with Crippen LogP contribution in [0, 0.1) is 6.92 Å². The molecular weight excluding hydrogens is 374 g/mol. The number of fused-ring (bicyclic) bond motifs is 1. The van der Waals surface area contributed by atoms with E-state index in [1.807, 2.05) is 0 Å². The minimum absolute atomic E-state index is 0.431. The molecule has 1 atom stereocenters. The first-order valence-corrected chi connectivity index (χ1v) is 11.5. The molecule has 5 aliphatic rings. The van der Waals surface area contributed by atoms with Crippen LogP contribution in [0.1, 0.15) is 50.4 Å². The Morgan fingerprint density at radius 1 is 0.742 bits per heavy atom. The molecule has 5 aliphatic carbocycles. The summed E-state index contributed by atoms with van der Waals surface area (Å²) in [4.78, 5) is 5.00. The van der Waals surface area contributed by atoms with Gasteiger partial charge in [0.1, 0.15) is 0 Å². The summed E-state index contributed by atoms with van der Waals surface area (Å²) in [7, 11) is 0. The van der Waals surface area contributed by atoms with Crippen molar-refractivity contribution in [1.82, 2.24) is 4.98 Å². The van der Waals surface area contributed by atoms with Gasteiger partial charge >= 0.3 is 0 Å². The van der Waals surface area contributed by atoms with E-state index in [-0.39, 0.29) is 0 Å². The fourth-order valence-electron chi connectivity index (χ4n) is 5.27. The van der Waals surface area contributed by atoms with Crippen molar-refractivity contribution in [3.63, 3.8) is 0 Å². The highest BCUT2D eigenvalue weighted by molar-refractivity contribution is 5.91. The van der Waals surface area contributed by atoms with Crippen LogP contribution in [0.2, 0.25) is 0 Å². The summed E-state index contributed by atoms with van der Waals surface area (Å²) >= 11 is 0. The Balaban J connectivity index is 1.49. The molecular formula is C30H27N. The van der Waals surface area contributed by atoms with Gasteiger partial charge in [-0.05, 0) is 78.0 Å². The average molecular weight is 402 g/mol. The molecule has 0 fully saturated rings. The van der Waals surface area contributed by atoms with E-state index >= 15 is 0 Å². The summed E-state index contributed by atoms with van der Waals surface area (Å²) in [6, 6.07) is 23.0. The van der Waals surface area contributed by atoms with E-state index in [4.69, 9.17) is 4.98 Å². The van der Waals surface area contributed by atoms with Gasteiger partial charge in [-0.2, -0.15) is 0 Å². The summed E-state index contributed by atoms with van der Waals surface area (Å²) in [5, 5.41) is 1.42. The number of aryl methyl sites for hydroxylation is 5. The molecule has 31 heavy (non-hydrogen) atoms. The fourth-order valence-corrected chi connectivity index (χ4v) is 5.27. The monoisotopic (exact) mass is 401 g/mol. The number of hydrogen-bond acceptors (Lipinski definition) is 1. The standard InChI is InChI=1S/C30H27N/c1-20-2-10-23(11-3-20)26-16-17-27-19-31-30-25-13-9-22-6-4-21(5-7-22)8-12-24(14-15-25)29(30)28(27)18-26/h2-7,10-11,14-17,19,26H,8-9,12-13,18H2,1H3. The van der Waals surface area contributed by atoms with E-state index in [2.05, 4.69) is 85.9 Å². The van der Waals surface area contributed by atoms with Crippen LogP contribution in [-0.2, 0) is 32.1 Å². The summed E-state index contributed by atoms with van der Waals surface area (Å²) in [5.41, 5.74) is 12.4. The van der Waals surface area contributed by atoms with E-state index in [9.17, 15) is 0 Å². The van der Waals surface area contributed by atoms with Crippen molar-refractivity contribution in [2.45, 2.75) is 44.9 Å². The molecule has 1 unspecified atom stereocenters. The van der Waals surface area contributed by atoms with E-state index < -0.39 is 0 Å². The molecule has 4 aromatic rings. The number of pyridine rings is 1. The third kappa shape index (κ3) is 3.39. The molecule has 1 nitrogen and oxygen atoms in total. The summed E-state index contributed by atoms with van der Waals surface area (Å²) < 4.78 is 0. The van der Waals surface area contributed by atoms with Crippen LogP contribution in [0.5, 0.6) is 0 Å². The van der Waals surface area contributed by atoms with Gasteiger partial charge in [0.2, 0.25) is 0 Å². The molecule has 0 amide bonds. The number of allylic oxidation sites excluding steroid dienone is 1. The lowest BCUT2D eigenvalue weighted by molar-refractivity contribution is 0.828. The zero-order valence-corrected chi connectivity index (χ0v) is 18.1. The Kier molecular flexibility index (Phi) is 4.49. The lowest BCUT2D eigenvalue weighted by Crippen LogP contribution is -2.10. The van der Waals surface area contributed by atoms with Crippen LogP contribution in [0.4, 0.5) is 0 Å². The predicted octanol–water partition coefficient (Wildman–Crippen LogP) is 6.78. The molecule has 9 rings (SSSR count). The van der Waals surface area contributed by atoms with Gasteiger partial charge < -0.3 is 0 Å². The van der Waals surface area contributed by atoms with Crippen molar-refractivity contribution in [2.75, 3.05) is 0 Å². The first-order chi connectivity index (χ1) is 15.2. The van der Waals surface area contributed by atoms with E-state index in [1.165, 1.54) is 55.4 Å². The molecule has 1 heteroatoms. The van der Waals surface area contributed by atoms with Crippen LogP contribution in [-0.4, -0.2) is 4.98 Å². The van der Waals surface area contributed by atoms with Gasteiger partial charge in [-0.15, -0.1) is 0 Å². The average Bonchev–Trinajstić information content (AvgIpc) is 2.80. The van der Waals surface area contributed by atoms with Gasteiger partial charge in [-0.3, -0.25) is 4.98 Å². The number of nitrogens with zero attached hydrogens (tertiary/aromatic N) is 1. The van der Waals surface area contributed by atoms with Crippen LogP contribution in [0.3, 0.4) is 0 Å². The Morgan fingerprint density at radius 2 is 1.42 bits per heavy atom. The zero-order chi connectivity index (χ0) is 20.8. The molecule has 1 heterocycles. The van der Waals surface area contributed by atoms with Gasteiger partial charge in [-0.25, -0.2) is 0 Å². The van der Waals surface area contributed by atoms with Crippen LogP contribution < -0.4 is 0 Å². The largest absolute Gasteiger partial charge is 0.255 e. The summed E-state index contributed by atoms with van der Waals surface area (Å²) in [5.74, 6) is 0.431. The van der Waals surface area contributed by atoms with E-state index in [0.29, 0.717) is 5.92 Å². The Hall–Kier alpha value is -3.19. The second-order valence-electron chi connectivity index (χ2n) is 9.20. The van der Waals surface area contributed by atoms with Gasteiger partial charge in [-0.1, -0.05) is 78.4 Å². The first kappa shape index (κ1) is 18.6. The van der Waals surface area contributed by atoms with Crippen molar-refractivity contribution >= 4 is 17.0 Å². The van der Waals surface area contributed by atoms with Crippen molar-refractivity contribution in [1.29, 1.82) is 0 Å². The maximum Gasteiger partial charge on any atom is 0.0740 e. The Bertz CT molecular complexity index is 1290. The van der Waals surface area contributed by atoms with Gasteiger partial charge in [0.15, 0.2) is 0 Å². The second-order valence-corrected chi connectivity index (χ2v) is 9.20. The SMILES string of the molecule is Cc1ccc(C2C=Cc3cnc4c5ccc(c4c3C2)CCc2ccc(cc2)CC5)cc1. The van der Waals surface area contributed by atoms with E-state index in [1.54, 1.807) is 0 Å². The molecule has 3 aromatic carbocycles. The third-order valence-corrected chi connectivity index (χ3v) is 7.16. The van der Waals surface area contributed by atoms with Gasteiger partial charge in [0, 0.05) is 17.5 Å². The van der Waals surface area contributed by atoms with Gasteiger partial charge in [0.05, 0.1) is 5.52 Å². The first-order valence-electron chi connectivity index (χ1n) is 11.5. The minimum Gasteiger partial charge on any atom is -0.255 e. The molecule has 0 N–H and O–H groups in total. The number of benzene rings is 3. The quantitative estimate of drug-likeness (QED) is 0.342. The van der Waals surface area contributed by atoms with E-state index in [0.717, 1.165) is 32.1 Å². The predicted molar refractivity (Wildman–Crippen MR) is 130 cm³/mol. The molecule has 4 bridgehead atoms. The van der Waals surface area contributed by atoms with Crippen LogP contribution >= 0.6 is 0 Å². The molecule has 152 valence electrons. The topological polar surface area (TPSA) is 12.9 Å². The highest BCUT2D eigenvalue weighted by Crippen LogP contribution is 2.37. The maximum atomic E-state index is 5.00. The summed E-state index contributed by atoms with van der Waals surface area (Å²) in [6.07, 6.45) is 12.1. The lowest BCUT2D eigenvalue weighted by Gasteiger charge is -2.24. The normalized spacial score (nSPS) is 17.4. The lowest BCUT2D eigenvalue weighted by atomic mass is 9.81. The molecule has 1 aromatic heterocycles. The number of hydrogen-bond donors (Lipinski definition) is 0. The maximum absolute atomic E-state index is 5.00. The highest BCUT2D eigenvalue weighted by atomic mass is 14.7. The van der Waals surface area contributed by atoms with Crippen LogP contribution in [0.15, 0.2) is 72.9 Å².